The molecule has 1 heterocycles. The largest absolute Gasteiger partial charge is 0.507 e. The van der Waals surface area contributed by atoms with Crippen LogP contribution in [0.4, 0.5) is 5.69 Å². The van der Waals surface area contributed by atoms with Gasteiger partial charge in [-0.2, -0.15) is 0 Å². The molecule has 3 unspecified atom stereocenters. The third kappa shape index (κ3) is 2.87. The van der Waals surface area contributed by atoms with Crippen LogP contribution in [-0.4, -0.2) is 28.0 Å². The van der Waals surface area contributed by atoms with Crippen LogP contribution >= 0.6 is 0 Å². The second-order valence-corrected chi connectivity index (χ2v) is 7.15. The average molecular weight is 365 g/mol. The molecule has 2 aromatic carbocycles. The minimum atomic E-state index is -1.31. The molecule has 0 spiro atoms. The predicted molar refractivity (Wildman–Crippen MR) is 97.6 cm³/mol. The molecule has 0 aromatic heterocycles. The summed E-state index contributed by atoms with van der Waals surface area (Å²) in [5, 5.41) is 18.9. The van der Waals surface area contributed by atoms with Crippen molar-refractivity contribution in [3.05, 3.63) is 59.7 Å². The van der Waals surface area contributed by atoms with Gasteiger partial charge in [0.25, 0.3) is 0 Å². The zero-order valence-electron chi connectivity index (χ0n) is 14.5. The summed E-state index contributed by atoms with van der Waals surface area (Å²) in [7, 11) is 0. The van der Waals surface area contributed by atoms with Gasteiger partial charge in [-0.1, -0.05) is 30.3 Å². The summed E-state index contributed by atoms with van der Waals surface area (Å²) >= 11 is 0. The van der Waals surface area contributed by atoms with Crippen molar-refractivity contribution < 1.29 is 24.6 Å². The van der Waals surface area contributed by atoms with E-state index in [2.05, 4.69) is 0 Å². The molecule has 2 aliphatic rings. The van der Waals surface area contributed by atoms with Crippen LogP contribution in [0.3, 0.4) is 0 Å². The zero-order chi connectivity index (χ0) is 19.1. The number of anilines is 1. The van der Waals surface area contributed by atoms with Crippen molar-refractivity contribution in [3.63, 3.8) is 0 Å². The Morgan fingerprint density at radius 2 is 1.67 bits per heavy atom. The van der Waals surface area contributed by atoms with E-state index in [4.69, 9.17) is 0 Å². The normalized spacial score (nSPS) is 24.7. The number of carboxylic acids is 1. The maximum absolute atomic E-state index is 13.0. The van der Waals surface area contributed by atoms with Crippen LogP contribution in [0.2, 0.25) is 0 Å². The Balaban J connectivity index is 1.63. The van der Waals surface area contributed by atoms with Crippen LogP contribution in [0.25, 0.3) is 0 Å². The van der Waals surface area contributed by atoms with E-state index in [1.807, 2.05) is 30.3 Å². The predicted octanol–water partition coefficient (Wildman–Crippen LogP) is 3.16. The average Bonchev–Trinajstić information content (AvgIpc) is 2.93. The molecule has 138 valence electrons. The number of carbonyl (C=O) groups is 3. The van der Waals surface area contributed by atoms with Gasteiger partial charge in [0.1, 0.15) is 11.3 Å². The first kappa shape index (κ1) is 17.3. The molecule has 6 heteroatoms. The van der Waals surface area contributed by atoms with Crippen molar-refractivity contribution in [1.29, 1.82) is 0 Å². The Morgan fingerprint density at radius 3 is 2.37 bits per heavy atom. The molecule has 4 rings (SSSR count). The number of carboxylic acid groups (broad SMARTS) is 1. The van der Waals surface area contributed by atoms with Crippen molar-refractivity contribution in [2.24, 2.45) is 11.8 Å². The zero-order valence-corrected chi connectivity index (χ0v) is 14.5. The molecule has 3 atom stereocenters. The van der Waals surface area contributed by atoms with E-state index < -0.39 is 17.6 Å². The fourth-order valence-corrected chi connectivity index (χ4v) is 4.30. The number of hydrogen-bond donors (Lipinski definition) is 2. The SMILES string of the molecule is O=C(O)c1cc(N2C(=O)C3CCC(c4ccccc4)CC3C2=O)ccc1O. The van der Waals surface area contributed by atoms with Gasteiger partial charge in [-0.15, -0.1) is 0 Å². The molecule has 1 aliphatic carbocycles. The third-order valence-corrected chi connectivity index (χ3v) is 5.67. The highest BCUT2D eigenvalue weighted by molar-refractivity contribution is 6.22. The molecule has 2 aromatic rings. The molecular weight excluding hydrogens is 346 g/mol. The number of imide groups is 1. The number of amides is 2. The monoisotopic (exact) mass is 365 g/mol. The number of aromatic hydroxyl groups is 1. The van der Waals surface area contributed by atoms with Crippen LogP contribution < -0.4 is 4.90 Å². The Hall–Kier alpha value is -3.15. The Bertz CT molecular complexity index is 923. The highest BCUT2D eigenvalue weighted by atomic mass is 16.4. The number of rotatable bonds is 3. The second-order valence-electron chi connectivity index (χ2n) is 7.15. The topological polar surface area (TPSA) is 94.9 Å². The highest BCUT2D eigenvalue weighted by Crippen LogP contribution is 2.45. The molecule has 1 saturated carbocycles. The lowest BCUT2D eigenvalue weighted by atomic mass is 9.73. The molecule has 2 amide bonds. The van der Waals surface area contributed by atoms with Gasteiger partial charge in [0, 0.05) is 0 Å². The fraction of sp³-hybridized carbons (Fsp3) is 0.286. The molecule has 27 heavy (non-hydrogen) atoms. The van der Waals surface area contributed by atoms with E-state index >= 15 is 0 Å². The van der Waals surface area contributed by atoms with Gasteiger partial charge < -0.3 is 10.2 Å². The summed E-state index contributed by atoms with van der Waals surface area (Å²) in [6, 6.07) is 13.8. The molecule has 2 fully saturated rings. The molecule has 1 saturated heterocycles. The first-order valence-electron chi connectivity index (χ1n) is 8.96. The molecule has 1 aliphatic heterocycles. The summed E-state index contributed by atoms with van der Waals surface area (Å²) in [4.78, 5) is 38.2. The summed E-state index contributed by atoms with van der Waals surface area (Å²) in [5.41, 5.74) is 1.04. The Labute approximate surface area is 156 Å². The van der Waals surface area contributed by atoms with Crippen LogP contribution in [0, 0.1) is 11.8 Å². The van der Waals surface area contributed by atoms with Crippen LogP contribution in [0.5, 0.6) is 5.75 Å². The van der Waals surface area contributed by atoms with Gasteiger partial charge in [0.05, 0.1) is 17.5 Å². The second kappa shape index (κ2) is 6.54. The number of carbonyl (C=O) groups excluding carboxylic acids is 2. The van der Waals surface area contributed by atoms with Crippen LogP contribution in [0.1, 0.15) is 41.1 Å². The van der Waals surface area contributed by atoms with Crippen LogP contribution in [0.15, 0.2) is 48.5 Å². The maximum Gasteiger partial charge on any atom is 0.339 e. The first-order valence-corrected chi connectivity index (χ1v) is 8.96. The summed E-state index contributed by atoms with van der Waals surface area (Å²) in [5.74, 6) is -2.79. The number of benzene rings is 2. The summed E-state index contributed by atoms with van der Waals surface area (Å²) < 4.78 is 0. The van der Waals surface area contributed by atoms with Crippen molar-refractivity contribution in [3.8, 4) is 5.75 Å². The Morgan fingerprint density at radius 1 is 0.963 bits per heavy atom. The van der Waals surface area contributed by atoms with Gasteiger partial charge in [-0.25, -0.2) is 4.79 Å². The highest BCUT2D eigenvalue weighted by Gasteiger charge is 2.50. The van der Waals surface area contributed by atoms with Gasteiger partial charge >= 0.3 is 5.97 Å². The number of phenols is 1. The lowest BCUT2D eigenvalue weighted by Gasteiger charge is -2.28. The van der Waals surface area contributed by atoms with E-state index in [1.165, 1.54) is 23.8 Å². The van der Waals surface area contributed by atoms with Crippen LogP contribution in [-0.2, 0) is 9.59 Å². The van der Waals surface area contributed by atoms with E-state index in [-0.39, 0.29) is 34.9 Å². The van der Waals surface area contributed by atoms with Gasteiger partial charge in [-0.05, 0) is 48.9 Å². The molecule has 6 nitrogen and oxygen atoms in total. The summed E-state index contributed by atoms with van der Waals surface area (Å²) in [6.45, 7) is 0. The minimum Gasteiger partial charge on any atom is -0.507 e. The lowest BCUT2D eigenvalue weighted by Crippen LogP contribution is -2.31. The number of fused-ring (bicyclic) bond motifs is 1. The first-order chi connectivity index (χ1) is 13.0. The third-order valence-electron chi connectivity index (χ3n) is 5.67. The van der Waals surface area contributed by atoms with E-state index in [0.717, 1.165) is 11.3 Å². The minimum absolute atomic E-state index is 0.200. The lowest BCUT2D eigenvalue weighted by molar-refractivity contribution is -0.122. The van der Waals surface area contributed by atoms with E-state index in [0.29, 0.717) is 12.8 Å². The Kier molecular flexibility index (Phi) is 4.18. The molecule has 2 N–H and O–H groups in total. The van der Waals surface area contributed by atoms with Crippen molar-refractivity contribution in [1.82, 2.24) is 0 Å². The number of nitrogens with zero attached hydrogens (tertiary/aromatic N) is 1. The number of hydrogen-bond acceptors (Lipinski definition) is 4. The summed E-state index contributed by atoms with van der Waals surface area (Å²) in [6.07, 6.45) is 2.09. The fourth-order valence-electron chi connectivity index (χ4n) is 4.30. The molecule has 0 radical (unpaired) electrons. The van der Waals surface area contributed by atoms with Gasteiger partial charge in [0.15, 0.2) is 0 Å². The molecular formula is C21H19NO5. The van der Waals surface area contributed by atoms with Gasteiger partial charge in [-0.3, -0.25) is 14.5 Å². The smallest absolute Gasteiger partial charge is 0.339 e. The van der Waals surface area contributed by atoms with Gasteiger partial charge in [0.2, 0.25) is 11.8 Å². The quantitative estimate of drug-likeness (QED) is 0.815. The number of aromatic carboxylic acids is 1. The van der Waals surface area contributed by atoms with Crippen molar-refractivity contribution in [2.45, 2.75) is 25.2 Å². The van der Waals surface area contributed by atoms with E-state index in [1.54, 1.807) is 0 Å². The van der Waals surface area contributed by atoms with Crippen molar-refractivity contribution in [2.75, 3.05) is 4.90 Å². The van der Waals surface area contributed by atoms with Crippen molar-refractivity contribution >= 4 is 23.5 Å². The maximum atomic E-state index is 13.0. The van der Waals surface area contributed by atoms with E-state index in [9.17, 15) is 24.6 Å². The molecule has 0 bridgehead atoms. The standard InChI is InChI=1S/C21H19NO5/c23-18-9-7-14(11-17(18)21(26)27)22-19(24)15-8-6-13(10-16(15)20(22)25)12-4-2-1-3-5-12/h1-5,7,9,11,13,15-16,23H,6,8,10H2,(H,26,27).